The predicted octanol–water partition coefficient (Wildman–Crippen LogP) is 0.408. The predicted molar refractivity (Wildman–Crippen MR) is 73.8 cm³/mol. The van der Waals surface area contributed by atoms with Gasteiger partial charge in [0.2, 0.25) is 0 Å². The van der Waals surface area contributed by atoms with Crippen LogP contribution in [-0.2, 0) is 6.42 Å². The summed E-state index contributed by atoms with van der Waals surface area (Å²) in [7, 11) is 0. The Morgan fingerprint density at radius 2 is 1.84 bits per heavy atom. The first-order chi connectivity index (χ1) is 9.22. The van der Waals surface area contributed by atoms with Gasteiger partial charge in [-0.2, -0.15) is 0 Å². The fourth-order valence-electron chi connectivity index (χ4n) is 2.73. The Labute approximate surface area is 114 Å². The second-order valence-corrected chi connectivity index (χ2v) is 5.25. The minimum absolute atomic E-state index is 0.100. The lowest BCUT2D eigenvalue weighted by molar-refractivity contribution is 0.0216. The molecule has 1 saturated heterocycles. The molecule has 4 heteroatoms. The first-order valence-corrected chi connectivity index (χ1v) is 6.97. The minimum Gasteiger partial charge on any atom is -0.395 e. The molecule has 1 aromatic carbocycles. The Balaban J connectivity index is 1.71. The third-order valence-corrected chi connectivity index (χ3v) is 3.87. The summed E-state index contributed by atoms with van der Waals surface area (Å²) in [6.07, 6.45) is 1.57. The highest BCUT2D eigenvalue weighted by molar-refractivity contribution is 5.14. The normalized spacial score (nSPS) is 27.8. The molecule has 0 spiro atoms. The van der Waals surface area contributed by atoms with Crippen molar-refractivity contribution in [3.63, 3.8) is 0 Å². The van der Waals surface area contributed by atoms with Crippen molar-refractivity contribution in [2.45, 2.75) is 37.5 Å². The van der Waals surface area contributed by atoms with Crippen molar-refractivity contribution in [1.29, 1.82) is 0 Å². The van der Waals surface area contributed by atoms with Gasteiger partial charge in [-0.25, -0.2) is 0 Å². The number of nitrogens with zero attached hydrogens (tertiary/aromatic N) is 1. The third-order valence-electron chi connectivity index (χ3n) is 3.87. The van der Waals surface area contributed by atoms with Crippen LogP contribution in [0.4, 0.5) is 0 Å². The molecule has 4 nitrogen and oxygen atoms in total. The Kier molecular flexibility index (Phi) is 5.34. The van der Waals surface area contributed by atoms with Crippen LogP contribution in [0.1, 0.15) is 18.4 Å². The van der Waals surface area contributed by atoms with Gasteiger partial charge in [0.05, 0.1) is 24.9 Å². The number of unbranched alkanes of at least 4 members (excludes halogenated alkanes) is 1. The van der Waals surface area contributed by atoms with Crippen molar-refractivity contribution in [3.8, 4) is 0 Å². The smallest absolute Gasteiger partial charge is 0.0988 e. The van der Waals surface area contributed by atoms with Crippen LogP contribution < -0.4 is 0 Å². The summed E-state index contributed by atoms with van der Waals surface area (Å²) in [5.41, 5.74) is 1.34. The fourth-order valence-corrected chi connectivity index (χ4v) is 2.73. The van der Waals surface area contributed by atoms with Gasteiger partial charge in [-0.3, -0.25) is 4.90 Å². The van der Waals surface area contributed by atoms with E-state index in [0.717, 1.165) is 25.8 Å². The van der Waals surface area contributed by atoms with Crippen molar-refractivity contribution in [2.75, 3.05) is 19.7 Å². The largest absolute Gasteiger partial charge is 0.395 e. The van der Waals surface area contributed by atoms with Crippen LogP contribution in [-0.4, -0.2) is 58.2 Å². The van der Waals surface area contributed by atoms with Crippen molar-refractivity contribution < 1.29 is 15.3 Å². The number of β-amino-alcohol motifs (C(OH)–C–C–N with tert-alkyl or cyclic N) is 1. The lowest BCUT2D eigenvalue weighted by atomic mass is 10.1. The van der Waals surface area contributed by atoms with Crippen molar-refractivity contribution >= 4 is 0 Å². The number of aryl methyl sites for hydroxylation is 1. The average Bonchev–Trinajstić information content (AvgIpc) is 2.71. The van der Waals surface area contributed by atoms with Gasteiger partial charge in [0.25, 0.3) is 0 Å². The Morgan fingerprint density at radius 1 is 1.11 bits per heavy atom. The third kappa shape index (κ3) is 3.76. The first kappa shape index (κ1) is 14.5. The summed E-state index contributed by atoms with van der Waals surface area (Å²) in [6.45, 7) is 1.17. The van der Waals surface area contributed by atoms with E-state index in [1.807, 2.05) is 23.1 Å². The highest BCUT2D eigenvalue weighted by Crippen LogP contribution is 2.19. The minimum atomic E-state index is -0.820. The SMILES string of the molecule is OC[C@@H]1[C@@H](O)[C@H](O)CN1CCCCc1ccccc1. The molecule has 0 unspecified atom stereocenters. The van der Waals surface area contributed by atoms with Crippen LogP contribution in [0.2, 0.25) is 0 Å². The van der Waals surface area contributed by atoms with E-state index in [1.165, 1.54) is 5.56 Å². The quantitative estimate of drug-likeness (QED) is 0.652. The molecule has 0 saturated carbocycles. The molecule has 19 heavy (non-hydrogen) atoms. The lowest BCUT2D eigenvalue weighted by Gasteiger charge is -2.23. The summed E-state index contributed by atoms with van der Waals surface area (Å²) >= 11 is 0. The van der Waals surface area contributed by atoms with E-state index in [4.69, 9.17) is 0 Å². The Hall–Kier alpha value is -0.940. The number of aliphatic hydroxyl groups is 3. The highest BCUT2D eigenvalue weighted by atomic mass is 16.3. The maximum atomic E-state index is 9.71. The molecule has 106 valence electrons. The van der Waals surface area contributed by atoms with Gasteiger partial charge in [-0.15, -0.1) is 0 Å². The highest BCUT2D eigenvalue weighted by Gasteiger charge is 2.38. The zero-order valence-corrected chi connectivity index (χ0v) is 11.2. The van der Waals surface area contributed by atoms with Gasteiger partial charge in [-0.1, -0.05) is 30.3 Å². The molecule has 0 bridgehead atoms. The van der Waals surface area contributed by atoms with Crippen LogP contribution in [0, 0.1) is 0 Å². The maximum absolute atomic E-state index is 9.71. The van der Waals surface area contributed by atoms with E-state index in [-0.39, 0.29) is 12.6 Å². The summed E-state index contributed by atoms with van der Waals surface area (Å²) in [5, 5.41) is 28.6. The zero-order valence-electron chi connectivity index (χ0n) is 11.2. The van der Waals surface area contributed by atoms with E-state index < -0.39 is 12.2 Å². The van der Waals surface area contributed by atoms with Crippen LogP contribution >= 0.6 is 0 Å². The van der Waals surface area contributed by atoms with E-state index in [9.17, 15) is 15.3 Å². The summed E-state index contributed by atoms with van der Waals surface area (Å²) in [4.78, 5) is 1.99. The van der Waals surface area contributed by atoms with Gasteiger partial charge >= 0.3 is 0 Å². The number of rotatable bonds is 6. The monoisotopic (exact) mass is 265 g/mol. The Morgan fingerprint density at radius 3 is 2.53 bits per heavy atom. The van der Waals surface area contributed by atoms with E-state index >= 15 is 0 Å². The van der Waals surface area contributed by atoms with Crippen molar-refractivity contribution in [1.82, 2.24) is 4.90 Å². The molecule has 3 atom stereocenters. The van der Waals surface area contributed by atoms with E-state index in [2.05, 4.69) is 12.1 Å². The first-order valence-electron chi connectivity index (χ1n) is 6.97. The molecule has 1 aliphatic rings. The standard InChI is InChI=1S/C15H23NO3/c17-11-13-15(19)14(18)10-16(13)9-5-4-8-12-6-2-1-3-7-12/h1-3,6-7,13-15,17-19H,4-5,8-11H2/t13-,14-,15-/m1/s1. The average molecular weight is 265 g/mol. The molecule has 2 rings (SSSR count). The number of aliphatic hydroxyl groups excluding tert-OH is 3. The second kappa shape index (κ2) is 7.01. The molecule has 0 aromatic heterocycles. The molecule has 0 aliphatic carbocycles. The molecule has 1 aromatic rings. The number of hydrogen-bond donors (Lipinski definition) is 3. The van der Waals surface area contributed by atoms with Crippen LogP contribution in [0.25, 0.3) is 0 Å². The van der Waals surface area contributed by atoms with E-state index in [1.54, 1.807) is 0 Å². The van der Waals surface area contributed by atoms with Gasteiger partial charge in [0.1, 0.15) is 0 Å². The zero-order chi connectivity index (χ0) is 13.7. The van der Waals surface area contributed by atoms with Crippen molar-refractivity contribution in [2.24, 2.45) is 0 Å². The van der Waals surface area contributed by atoms with Gasteiger partial charge in [-0.05, 0) is 31.4 Å². The maximum Gasteiger partial charge on any atom is 0.0988 e. The van der Waals surface area contributed by atoms with Gasteiger partial charge < -0.3 is 15.3 Å². The van der Waals surface area contributed by atoms with Crippen LogP contribution in [0.3, 0.4) is 0 Å². The fraction of sp³-hybridized carbons (Fsp3) is 0.600. The molecular formula is C15H23NO3. The lowest BCUT2D eigenvalue weighted by Crippen LogP contribution is -2.39. The van der Waals surface area contributed by atoms with Gasteiger partial charge in [0.15, 0.2) is 0 Å². The topological polar surface area (TPSA) is 63.9 Å². The Bertz CT molecular complexity index is 371. The molecule has 1 aliphatic heterocycles. The van der Waals surface area contributed by atoms with Gasteiger partial charge in [0, 0.05) is 6.54 Å². The second-order valence-electron chi connectivity index (χ2n) is 5.25. The summed E-state index contributed by atoms with van der Waals surface area (Å²) in [5.74, 6) is 0. The summed E-state index contributed by atoms with van der Waals surface area (Å²) < 4.78 is 0. The van der Waals surface area contributed by atoms with Crippen LogP contribution in [0.5, 0.6) is 0 Å². The van der Waals surface area contributed by atoms with Crippen LogP contribution in [0.15, 0.2) is 30.3 Å². The van der Waals surface area contributed by atoms with E-state index in [0.29, 0.717) is 6.54 Å². The summed E-state index contributed by atoms with van der Waals surface area (Å²) in [6, 6.07) is 10.0. The molecule has 0 amide bonds. The number of hydrogen-bond acceptors (Lipinski definition) is 4. The van der Waals surface area contributed by atoms with Crippen molar-refractivity contribution in [3.05, 3.63) is 35.9 Å². The number of likely N-dealkylation sites (tertiary alicyclic amines) is 1. The molecule has 3 N–H and O–H groups in total. The number of benzene rings is 1. The molecular weight excluding hydrogens is 242 g/mol. The molecule has 1 fully saturated rings. The molecule has 0 radical (unpaired) electrons. The molecule has 1 heterocycles.